The Morgan fingerprint density at radius 1 is 0.929 bits per heavy atom. The van der Waals surface area contributed by atoms with Crippen molar-refractivity contribution in [3.63, 3.8) is 0 Å². The molecule has 28 heavy (non-hydrogen) atoms. The molecule has 0 aromatic heterocycles. The summed E-state index contributed by atoms with van der Waals surface area (Å²) in [5, 5.41) is 0. The van der Waals surface area contributed by atoms with Crippen LogP contribution in [0.1, 0.15) is 28.4 Å². The first kappa shape index (κ1) is 18.7. The highest BCUT2D eigenvalue weighted by Crippen LogP contribution is 2.28. The van der Waals surface area contributed by atoms with Crippen molar-refractivity contribution in [1.82, 2.24) is 4.90 Å². The summed E-state index contributed by atoms with van der Waals surface area (Å²) >= 11 is 0. The summed E-state index contributed by atoms with van der Waals surface area (Å²) in [6.45, 7) is 6.32. The Hall–Kier alpha value is -2.62. The van der Waals surface area contributed by atoms with Crippen molar-refractivity contribution in [2.45, 2.75) is 26.2 Å². The van der Waals surface area contributed by atoms with Gasteiger partial charge in [0.05, 0.1) is 12.7 Å². The molecule has 144 valence electrons. The molecule has 1 saturated heterocycles. The number of hydrogen-bond acceptors (Lipinski definition) is 3. The van der Waals surface area contributed by atoms with Gasteiger partial charge in [-0.15, -0.1) is 0 Å². The van der Waals surface area contributed by atoms with E-state index < -0.39 is 0 Å². The molecular weight excluding hydrogens is 346 g/mol. The fraction of sp³-hybridized carbons (Fsp3) is 0.280. The van der Waals surface area contributed by atoms with Gasteiger partial charge in [0.1, 0.15) is 12.4 Å². The van der Waals surface area contributed by atoms with Gasteiger partial charge < -0.3 is 9.47 Å². The third-order valence-corrected chi connectivity index (χ3v) is 5.21. The Morgan fingerprint density at radius 2 is 1.64 bits per heavy atom. The minimum absolute atomic E-state index is 0.110. The van der Waals surface area contributed by atoms with E-state index in [0.717, 1.165) is 37.6 Å². The van der Waals surface area contributed by atoms with Crippen LogP contribution in [0.5, 0.6) is 5.75 Å². The SMILES string of the molecule is Cc1cc(C2CN(Cc3ccccc3)CCO2)ccc1OCc1ccccc1. The van der Waals surface area contributed by atoms with Crippen molar-refractivity contribution in [3.05, 3.63) is 101 Å². The lowest BCUT2D eigenvalue weighted by Crippen LogP contribution is -2.37. The number of ether oxygens (including phenoxy) is 2. The summed E-state index contributed by atoms with van der Waals surface area (Å²) in [4.78, 5) is 2.47. The van der Waals surface area contributed by atoms with Crippen molar-refractivity contribution >= 4 is 0 Å². The van der Waals surface area contributed by atoms with Gasteiger partial charge in [-0.05, 0) is 41.3 Å². The normalized spacial score (nSPS) is 17.4. The number of benzene rings is 3. The molecule has 3 nitrogen and oxygen atoms in total. The summed E-state index contributed by atoms with van der Waals surface area (Å²) in [6.07, 6.45) is 0.110. The lowest BCUT2D eigenvalue weighted by Gasteiger charge is -2.33. The van der Waals surface area contributed by atoms with E-state index >= 15 is 0 Å². The van der Waals surface area contributed by atoms with Crippen molar-refractivity contribution in [3.8, 4) is 5.75 Å². The van der Waals surface area contributed by atoms with Crippen LogP contribution in [0.2, 0.25) is 0 Å². The highest BCUT2D eigenvalue weighted by atomic mass is 16.5. The van der Waals surface area contributed by atoms with Crippen LogP contribution in [-0.4, -0.2) is 24.6 Å². The van der Waals surface area contributed by atoms with Crippen LogP contribution in [0.4, 0.5) is 0 Å². The van der Waals surface area contributed by atoms with Gasteiger partial charge >= 0.3 is 0 Å². The predicted octanol–water partition coefficient (Wildman–Crippen LogP) is 5.15. The quantitative estimate of drug-likeness (QED) is 0.597. The molecular formula is C25H27NO2. The molecule has 4 rings (SSSR count). The lowest BCUT2D eigenvalue weighted by atomic mass is 10.0. The maximum Gasteiger partial charge on any atom is 0.122 e. The van der Waals surface area contributed by atoms with E-state index in [4.69, 9.17) is 9.47 Å². The number of rotatable bonds is 6. The number of aryl methyl sites for hydroxylation is 1. The number of nitrogens with zero attached hydrogens (tertiary/aromatic N) is 1. The van der Waals surface area contributed by atoms with Gasteiger partial charge in [-0.2, -0.15) is 0 Å². The first-order valence-corrected chi connectivity index (χ1v) is 9.93. The molecule has 3 aromatic rings. The van der Waals surface area contributed by atoms with E-state index in [1.165, 1.54) is 16.7 Å². The van der Waals surface area contributed by atoms with Crippen molar-refractivity contribution in [2.24, 2.45) is 0 Å². The molecule has 1 unspecified atom stereocenters. The Balaban J connectivity index is 1.39. The molecule has 1 heterocycles. The molecule has 0 aliphatic carbocycles. The van der Waals surface area contributed by atoms with Crippen LogP contribution < -0.4 is 4.74 Å². The van der Waals surface area contributed by atoms with Gasteiger partial charge in [0.15, 0.2) is 0 Å². The fourth-order valence-electron chi connectivity index (χ4n) is 3.66. The lowest BCUT2D eigenvalue weighted by molar-refractivity contribution is -0.0329. The minimum Gasteiger partial charge on any atom is -0.489 e. The molecule has 1 atom stereocenters. The highest BCUT2D eigenvalue weighted by Gasteiger charge is 2.22. The topological polar surface area (TPSA) is 21.7 Å². The molecule has 3 heteroatoms. The maximum absolute atomic E-state index is 6.07. The van der Waals surface area contributed by atoms with Crippen LogP contribution >= 0.6 is 0 Å². The van der Waals surface area contributed by atoms with E-state index in [-0.39, 0.29) is 6.10 Å². The van der Waals surface area contributed by atoms with Crippen LogP contribution in [0.3, 0.4) is 0 Å². The van der Waals surface area contributed by atoms with E-state index in [1.54, 1.807) is 0 Å². The third-order valence-electron chi connectivity index (χ3n) is 5.21. The van der Waals surface area contributed by atoms with Crippen LogP contribution in [0, 0.1) is 6.92 Å². The van der Waals surface area contributed by atoms with E-state index in [2.05, 4.69) is 72.5 Å². The number of morpholine rings is 1. The van der Waals surface area contributed by atoms with Gasteiger partial charge in [-0.25, -0.2) is 0 Å². The molecule has 1 aliphatic heterocycles. The van der Waals surface area contributed by atoms with E-state index in [1.807, 2.05) is 18.2 Å². The maximum atomic E-state index is 6.07. The van der Waals surface area contributed by atoms with Gasteiger partial charge in [0.2, 0.25) is 0 Å². The summed E-state index contributed by atoms with van der Waals surface area (Å²) in [5.41, 5.74) is 4.90. The van der Waals surface area contributed by atoms with Crippen LogP contribution in [0.15, 0.2) is 78.9 Å². The Bertz CT molecular complexity index is 880. The molecule has 0 bridgehead atoms. The Kier molecular flexibility index (Phi) is 6.05. The second kappa shape index (κ2) is 9.05. The van der Waals surface area contributed by atoms with E-state index in [0.29, 0.717) is 6.61 Å². The molecule has 0 saturated carbocycles. The molecule has 0 N–H and O–H groups in total. The molecule has 0 radical (unpaired) electrons. The van der Waals surface area contributed by atoms with Gasteiger partial charge in [-0.3, -0.25) is 4.90 Å². The minimum atomic E-state index is 0.110. The highest BCUT2D eigenvalue weighted by molar-refractivity contribution is 5.37. The predicted molar refractivity (Wildman–Crippen MR) is 112 cm³/mol. The zero-order valence-corrected chi connectivity index (χ0v) is 16.4. The largest absolute Gasteiger partial charge is 0.489 e. The van der Waals surface area contributed by atoms with Crippen LogP contribution in [-0.2, 0) is 17.9 Å². The zero-order valence-electron chi connectivity index (χ0n) is 16.4. The molecule has 3 aromatic carbocycles. The second-order valence-corrected chi connectivity index (χ2v) is 7.38. The van der Waals surface area contributed by atoms with Gasteiger partial charge in [0.25, 0.3) is 0 Å². The van der Waals surface area contributed by atoms with E-state index in [9.17, 15) is 0 Å². The smallest absolute Gasteiger partial charge is 0.122 e. The molecule has 1 aliphatic rings. The summed E-state index contributed by atoms with van der Waals surface area (Å²) in [6, 6.07) is 27.3. The number of hydrogen-bond donors (Lipinski definition) is 0. The van der Waals surface area contributed by atoms with Gasteiger partial charge in [0, 0.05) is 19.6 Å². The van der Waals surface area contributed by atoms with Crippen molar-refractivity contribution in [1.29, 1.82) is 0 Å². The Labute approximate surface area is 167 Å². The average Bonchev–Trinajstić information content (AvgIpc) is 2.74. The first-order valence-electron chi connectivity index (χ1n) is 9.93. The monoisotopic (exact) mass is 373 g/mol. The third kappa shape index (κ3) is 4.80. The molecule has 0 spiro atoms. The molecule has 0 amide bonds. The summed E-state index contributed by atoms with van der Waals surface area (Å²) < 4.78 is 12.1. The average molecular weight is 373 g/mol. The summed E-state index contributed by atoms with van der Waals surface area (Å²) in [5.74, 6) is 0.935. The summed E-state index contributed by atoms with van der Waals surface area (Å²) in [7, 11) is 0. The molecule has 1 fully saturated rings. The van der Waals surface area contributed by atoms with Gasteiger partial charge in [-0.1, -0.05) is 66.7 Å². The van der Waals surface area contributed by atoms with Crippen LogP contribution in [0.25, 0.3) is 0 Å². The first-order chi connectivity index (χ1) is 13.8. The zero-order chi connectivity index (χ0) is 19.2. The van der Waals surface area contributed by atoms with Crippen molar-refractivity contribution in [2.75, 3.05) is 19.7 Å². The fourth-order valence-corrected chi connectivity index (χ4v) is 3.66. The second-order valence-electron chi connectivity index (χ2n) is 7.38. The standard InChI is InChI=1S/C25H27NO2/c1-20-16-23(12-13-24(20)28-19-22-10-6-3-7-11-22)25-18-26(14-15-27-25)17-21-8-4-2-5-9-21/h2-13,16,25H,14-15,17-19H2,1H3. The Morgan fingerprint density at radius 3 is 2.36 bits per heavy atom. The van der Waals surface area contributed by atoms with Crippen molar-refractivity contribution < 1.29 is 9.47 Å².